The van der Waals surface area contributed by atoms with Gasteiger partial charge in [0.25, 0.3) is 0 Å². The number of rotatable bonds is 1. The van der Waals surface area contributed by atoms with Crippen molar-refractivity contribution < 1.29 is 34.1 Å². The zero-order valence-corrected chi connectivity index (χ0v) is 18.1. The molecule has 0 saturated heterocycles. The van der Waals surface area contributed by atoms with E-state index in [1.807, 2.05) is 18.5 Å². The Morgan fingerprint density at radius 2 is 1.00 bits per heavy atom. The number of hydrogen-bond acceptors (Lipinski definition) is 4. The Hall–Kier alpha value is 0.690. The van der Waals surface area contributed by atoms with E-state index in [9.17, 15) is 13.0 Å². The van der Waals surface area contributed by atoms with Gasteiger partial charge in [0.15, 0.2) is 0 Å². The highest BCUT2D eigenvalue weighted by Gasteiger charge is 1.82. The molecule has 0 aliphatic carbocycles. The van der Waals surface area contributed by atoms with Gasteiger partial charge in [-0.2, -0.15) is 0 Å². The molecule has 0 spiro atoms. The van der Waals surface area contributed by atoms with Gasteiger partial charge in [-0.3, -0.25) is 4.18 Å². The summed E-state index contributed by atoms with van der Waals surface area (Å²) in [5.41, 5.74) is 2.88. The fourth-order valence-electron chi connectivity index (χ4n) is 0. The summed E-state index contributed by atoms with van der Waals surface area (Å²) in [6.07, 6.45) is 0. The van der Waals surface area contributed by atoms with Gasteiger partial charge in [0.1, 0.15) is 0 Å². The van der Waals surface area contributed by atoms with Crippen molar-refractivity contribution in [3.63, 3.8) is 0 Å². The Balaban J connectivity index is -0.0000000865. The van der Waals surface area contributed by atoms with Crippen molar-refractivity contribution in [3.05, 3.63) is 21.8 Å². The molecule has 2 atom stereocenters. The predicted octanol–water partition coefficient (Wildman–Crippen LogP) is -0.0878. The van der Waals surface area contributed by atoms with Crippen LogP contribution in [0.25, 0.3) is 0 Å². The fourth-order valence-corrected chi connectivity index (χ4v) is 0. The van der Waals surface area contributed by atoms with E-state index in [0.29, 0.717) is 0 Å². The second kappa shape index (κ2) is 15.1. The average Bonchev–Trinajstić information content (AvgIpc) is 2.18. The summed E-state index contributed by atoms with van der Waals surface area (Å²) in [5, 5.41) is 2.91. The highest BCUT2D eigenvalue weighted by molar-refractivity contribution is 7.80. The van der Waals surface area contributed by atoms with E-state index < -0.39 is 10.4 Å². The molecule has 2 unspecified atom stereocenters. The Labute approximate surface area is 133 Å². The Morgan fingerprint density at radius 1 is 0.895 bits per heavy atom. The van der Waals surface area contributed by atoms with E-state index in [4.69, 9.17) is 0 Å². The average molecular weight is 397 g/mol. The van der Waals surface area contributed by atoms with Gasteiger partial charge in [0, 0.05) is 18.5 Å². The van der Waals surface area contributed by atoms with Crippen LogP contribution in [0.5, 0.6) is 0 Å². The zero-order valence-electron chi connectivity index (χ0n) is 12.8. The molecule has 118 valence electrons. The molecule has 19 heavy (non-hydrogen) atoms. The standard InChI is InChI=1S/2C5H11P.CH4O4S.BrH/c2*1-4(2)5(3)6;1-5-6(2,3)4;/h2*6H2,1-3H3;1H3,(H,2,3,4);1H. The maximum atomic E-state index is 9.22. The SMILES string of the molecule is CC(C)=C(C)[PH3+].CC(C)=C(C)[PH3+].COS(=O)(=O)[O-].[Br-]. The van der Waals surface area contributed by atoms with Crippen LogP contribution >= 0.6 is 18.5 Å². The molecule has 8 heteroatoms. The maximum Gasteiger partial charge on any atom is 0.217 e. The van der Waals surface area contributed by atoms with Crippen molar-refractivity contribution in [2.24, 2.45) is 0 Å². The molecular weight excluding hydrogens is 370 g/mol. The van der Waals surface area contributed by atoms with Gasteiger partial charge in [0.2, 0.25) is 10.4 Å². The van der Waals surface area contributed by atoms with Crippen molar-refractivity contribution in [3.8, 4) is 0 Å². The van der Waals surface area contributed by atoms with Crippen LogP contribution in [-0.2, 0) is 14.6 Å². The Bertz CT molecular complexity index is 331. The smallest absolute Gasteiger partial charge is 0.217 e. The van der Waals surface area contributed by atoms with Crippen LogP contribution in [-0.4, -0.2) is 20.1 Å². The lowest BCUT2D eigenvalue weighted by Gasteiger charge is -1.98. The van der Waals surface area contributed by atoms with Gasteiger partial charge in [-0.1, -0.05) is 0 Å². The molecule has 0 radical (unpaired) electrons. The van der Waals surface area contributed by atoms with E-state index in [-0.39, 0.29) is 17.0 Å². The summed E-state index contributed by atoms with van der Waals surface area (Å²) in [7, 11) is 0.282. The Morgan fingerprint density at radius 3 is 1.00 bits per heavy atom. The molecule has 0 N–H and O–H groups in total. The zero-order chi connectivity index (χ0) is 15.5. The first-order valence-electron chi connectivity index (χ1n) is 5.28. The minimum Gasteiger partial charge on any atom is -1.00 e. The Kier molecular flexibility index (Phi) is 22.2. The lowest BCUT2D eigenvalue weighted by atomic mass is 10.3. The van der Waals surface area contributed by atoms with E-state index in [1.54, 1.807) is 0 Å². The summed E-state index contributed by atoms with van der Waals surface area (Å²) >= 11 is 0. The number of allylic oxidation sites excluding steroid dienone is 4. The molecule has 0 amide bonds. The largest absolute Gasteiger partial charge is 1.00 e. The summed E-state index contributed by atoms with van der Waals surface area (Å²) < 4.78 is 31.0. The van der Waals surface area contributed by atoms with Gasteiger partial charge in [0.05, 0.1) is 17.7 Å². The first-order chi connectivity index (χ1) is 7.85. The molecule has 4 nitrogen and oxygen atoms in total. The summed E-state index contributed by atoms with van der Waals surface area (Å²) in [6.45, 7) is 12.8. The first kappa shape index (κ1) is 27.9. The minimum absolute atomic E-state index is 0. The van der Waals surface area contributed by atoms with Gasteiger partial charge in [-0.25, -0.2) is 8.42 Å². The molecule has 0 rings (SSSR count). The third kappa shape index (κ3) is 38.1. The van der Waals surface area contributed by atoms with Gasteiger partial charge in [-0.15, -0.1) is 0 Å². The molecule has 0 saturated carbocycles. The quantitative estimate of drug-likeness (QED) is 0.353. The molecule has 0 heterocycles. The highest BCUT2D eigenvalue weighted by atomic mass is 79.9. The van der Waals surface area contributed by atoms with Crippen LogP contribution in [0.1, 0.15) is 41.5 Å². The number of halogens is 1. The molecule has 0 aliphatic heterocycles. The van der Waals surface area contributed by atoms with Crippen LogP contribution in [0, 0.1) is 0 Å². The van der Waals surface area contributed by atoms with E-state index >= 15 is 0 Å². The van der Waals surface area contributed by atoms with Crippen molar-refractivity contribution in [2.75, 3.05) is 7.11 Å². The third-order valence-corrected chi connectivity index (χ3v) is 3.73. The van der Waals surface area contributed by atoms with Gasteiger partial charge in [-0.05, 0) is 52.7 Å². The van der Waals surface area contributed by atoms with Crippen molar-refractivity contribution >= 4 is 28.9 Å². The summed E-state index contributed by atoms with van der Waals surface area (Å²) in [4.78, 5) is 0. The molecule has 0 aromatic carbocycles. The lowest BCUT2D eigenvalue weighted by Crippen LogP contribution is -3.00. The van der Waals surface area contributed by atoms with Crippen molar-refractivity contribution in [1.29, 1.82) is 0 Å². The third-order valence-electron chi connectivity index (χ3n) is 1.91. The second-order valence-electron chi connectivity index (χ2n) is 4.14. The molecule has 0 aromatic heterocycles. The van der Waals surface area contributed by atoms with E-state index in [1.165, 1.54) is 21.8 Å². The predicted molar refractivity (Wildman–Crippen MR) is 87.0 cm³/mol. The fraction of sp³-hybridized carbons (Fsp3) is 0.636. The summed E-state index contributed by atoms with van der Waals surface area (Å²) in [5.74, 6) is 0. The van der Waals surface area contributed by atoms with Crippen LogP contribution < -0.4 is 17.0 Å². The monoisotopic (exact) mass is 396 g/mol. The van der Waals surface area contributed by atoms with Gasteiger partial charge >= 0.3 is 0 Å². The maximum absolute atomic E-state index is 9.22. The second-order valence-corrected chi connectivity index (χ2v) is 7.41. The normalized spacial score (nSPS) is 9.05. The molecular formula is C11H27BrO4P2S. The summed E-state index contributed by atoms with van der Waals surface area (Å²) in [6, 6.07) is 0. The molecule has 0 aromatic rings. The van der Waals surface area contributed by atoms with Crippen molar-refractivity contribution in [2.45, 2.75) is 41.5 Å². The molecule has 0 fully saturated rings. The highest BCUT2D eigenvalue weighted by Crippen LogP contribution is 2.08. The van der Waals surface area contributed by atoms with Crippen LogP contribution in [0.2, 0.25) is 0 Å². The van der Waals surface area contributed by atoms with E-state index in [2.05, 4.69) is 45.7 Å². The molecule has 0 aliphatic rings. The molecule has 0 bridgehead atoms. The van der Waals surface area contributed by atoms with Crippen LogP contribution in [0.3, 0.4) is 0 Å². The topological polar surface area (TPSA) is 66.4 Å². The van der Waals surface area contributed by atoms with Crippen molar-refractivity contribution in [1.82, 2.24) is 0 Å². The number of hydrogen-bond donors (Lipinski definition) is 0. The lowest BCUT2D eigenvalue weighted by molar-refractivity contribution is -0.0000101. The minimum atomic E-state index is -4.41. The van der Waals surface area contributed by atoms with Crippen LogP contribution in [0.4, 0.5) is 0 Å². The van der Waals surface area contributed by atoms with Crippen LogP contribution in [0.15, 0.2) is 21.8 Å². The first-order valence-corrected chi connectivity index (χ1v) is 8.03. The van der Waals surface area contributed by atoms with Gasteiger partial charge < -0.3 is 21.5 Å². The van der Waals surface area contributed by atoms with E-state index in [0.717, 1.165) is 7.11 Å².